The Morgan fingerprint density at radius 2 is 1.85 bits per heavy atom. The van der Waals surface area contributed by atoms with Crippen molar-refractivity contribution in [2.45, 2.75) is 57.2 Å². The van der Waals surface area contributed by atoms with Gasteiger partial charge in [0.1, 0.15) is 17.2 Å². The third-order valence-corrected chi connectivity index (χ3v) is 6.31. The Hall–Kier alpha value is -2.98. The number of benzene rings is 1. The van der Waals surface area contributed by atoms with Crippen molar-refractivity contribution in [1.29, 1.82) is 0 Å². The molecule has 4 N–H and O–H groups in total. The van der Waals surface area contributed by atoms with Crippen molar-refractivity contribution in [2.24, 2.45) is 5.92 Å². The molecule has 3 aromatic rings. The number of amides is 1. The number of nitrogens with zero attached hydrogens (tertiary/aromatic N) is 2. The van der Waals surface area contributed by atoms with Crippen LogP contribution >= 0.6 is 0 Å². The first-order valence-electron chi connectivity index (χ1n) is 11.2. The minimum absolute atomic E-state index is 0.186. The summed E-state index contributed by atoms with van der Waals surface area (Å²) in [5.74, 6) is 0.510. The van der Waals surface area contributed by atoms with Crippen molar-refractivity contribution in [3.8, 4) is 0 Å². The van der Waals surface area contributed by atoms with Gasteiger partial charge in [0.2, 0.25) is 0 Å². The van der Waals surface area contributed by atoms with Crippen molar-refractivity contribution < 1.29 is 28.2 Å². The lowest BCUT2D eigenvalue weighted by atomic mass is 9.82. The molecule has 0 aliphatic heterocycles. The highest BCUT2D eigenvalue weighted by molar-refractivity contribution is 6.04. The third-order valence-electron chi connectivity index (χ3n) is 6.31. The van der Waals surface area contributed by atoms with Crippen LogP contribution in [0.4, 0.5) is 18.9 Å². The number of carbonyl (C=O) groups is 1. The number of anilines is 1. The summed E-state index contributed by atoms with van der Waals surface area (Å²) in [7, 11) is 0. The molecule has 182 valence electrons. The Morgan fingerprint density at radius 3 is 2.47 bits per heavy atom. The average Bonchev–Trinajstić information content (AvgIpc) is 3.20. The number of hydrogen-bond donors (Lipinski definition) is 4. The first-order valence-corrected chi connectivity index (χ1v) is 11.2. The summed E-state index contributed by atoms with van der Waals surface area (Å²) in [6.45, 7) is 3.29. The van der Waals surface area contributed by atoms with Crippen LogP contribution in [0.5, 0.6) is 0 Å². The van der Waals surface area contributed by atoms with Crippen molar-refractivity contribution in [2.75, 3.05) is 11.9 Å². The van der Waals surface area contributed by atoms with Crippen molar-refractivity contribution in [3.05, 3.63) is 53.1 Å². The molecule has 0 unspecified atom stereocenters. The first-order chi connectivity index (χ1) is 16.0. The molecule has 1 aromatic carbocycles. The first kappa shape index (κ1) is 24.2. The van der Waals surface area contributed by atoms with Crippen LogP contribution in [0.3, 0.4) is 0 Å². The number of hydrogen-bond acceptors (Lipinski definition) is 5. The van der Waals surface area contributed by atoms with Gasteiger partial charge < -0.3 is 20.5 Å². The molecular weight excluding hydrogens is 449 g/mol. The van der Waals surface area contributed by atoms with Crippen LogP contribution in [0.25, 0.3) is 11.0 Å². The number of aliphatic hydroxyl groups excluding tert-OH is 1. The quantitative estimate of drug-likeness (QED) is 0.426. The van der Waals surface area contributed by atoms with Crippen LogP contribution in [-0.2, 0) is 11.8 Å². The van der Waals surface area contributed by atoms with E-state index in [4.69, 9.17) is 4.98 Å². The average molecular weight is 476 g/mol. The third kappa shape index (κ3) is 5.07. The summed E-state index contributed by atoms with van der Waals surface area (Å²) < 4.78 is 39.0. The van der Waals surface area contributed by atoms with E-state index in [-0.39, 0.29) is 23.9 Å². The number of rotatable bonds is 5. The molecule has 1 fully saturated rings. The highest BCUT2D eigenvalue weighted by atomic mass is 19.4. The highest BCUT2D eigenvalue weighted by Crippen LogP contribution is 2.37. The molecule has 4 rings (SSSR count). The molecule has 2 aromatic heterocycles. The fourth-order valence-electron chi connectivity index (χ4n) is 4.40. The Kier molecular flexibility index (Phi) is 6.39. The maximum absolute atomic E-state index is 13.0. The van der Waals surface area contributed by atoms with E-state index >= 15 is 0 Å². The number of nitrogens with one attached hydrogen (secondary N) is 2. The number of aromatic nitrogens is 3. The second kappa shape index (κ2) is 8.99. The van der Waals surface area contributed by atoms with Crippen LogP contribution in [-0.4, -0.2) is 37.7 Å². The normalized spacial score (nSPS) is 19.4. The Bertz CT molecular complexity index is 1190. The lowest BCUT2D eigenvalue weighted by Gasteiger charge is -2.25. The number of H-pyrrole nitrogens is 1. The van der Waals surface area contributed by atoms with E-state index in [2.05, 4.69) is 15.3 Å². The van der Waals surface area contributed by atoms with E-state index < -0.39 is 23.4 Å². The van der Waals surface area contributed by atoms with E-state index in [0.717, 1.165) is 43.6 Å². The fourth-order valence-corrected chi connectivity index (χ4v) is 4.40. The Morgan fingerprint density at radius 1 is 1.15 bits per heavy atom. The van der Waals surface area contributed by atoms with Gasteiger partial charge in [-0.05, 0) is 69.7 Å². The van der Waals surface area contributed by atoms with Crippen LogP contribution in [0.2, 0.25) is 0 Å². The van der Waals surface area contributed by atoms with Gasteiger partial charge in [0.25, 0.3) is 5.91 Å². The van der Waals surface area contributed by atoms with Gasteiger partial charge in [-0.2, -0.15) is 13.2 Å². The number of halogens is 3. The number of imidazole rings is 1. The zero-order valence-corrected chi connectivity index (χ0v) is 18.9. The summed E-state index contributed by atoms with van der Waals surface area (Å²) in [6.07, 6.45) is -1.05. The van der Waals surface area contributed by atoms with Gasteiger partial charge in [0.15, 0.2) is 0 Å². The number of aliphatic hydroxyl groups is 2. The molecule has 0 spiro atoms. The standard InChI is InChI=1S/C24H27F3N4O3/c1-23(2,34)15-10-18-19(30-21(29-18)14-8-6-13(12-32)7-9-14)11-17(15)31-22(33)16-4-3-5-20(28-16)24(25,26)27/h3-5,10-11,13-14,32,34H,6-9,12H2,1-2H3,(H,29,30)(H,31,33). The zero-order valence-electron chi connectivity index (χ0n) is 18.9. The molecule has 1 aliphatic carbocycles. The van der Waals surface area contributed by atoms with Gasteiger partial charge in [0.05, 0.1) is 16.6 Å². The second-order valence-corrected chi connectivity index (χ2v) is 9.36. The van der Waals surface area contributed by atoms with Crippen molar-refractivity contribution in [1.82, 2.24) is 15.0 Å². The Labute approximate surface area is 194 Å². The SMILES string of the molecule is CC(C)(O)c1cc2nc(C3CCC(CO)CC3)[nH]c2cc1NC(=O)c1cccc(C(F)(F)F)n1. The van der Waals surface area contributed by atoms with Gasteiger partial charge in [-0.3, -0.25) is 4.79 Å². The number of fused-ring (bicyclic) bond motifs is 1. The van der Waals surface area contributed by atoms with E-state index in [1.165, 1.54) is 6.07 Å². The summed E-state index contributed by atoms with van der Waals surface area (Å²) in [6, 6.07) is 6.42. The number of aromatic amines is 1. The summed E-state index contributed by atoms with van der Waals surface area (Å²) in [5, 5.41) is 22.7. The molecule has 34 heavy (non-hydrogen) atoms. The van der Waals surface area contributed by atoms with Crippen molar-refractivity contribution in [3.63, 3.8) is 0 Å². The van der Waals surface area contributed by atoms with E-state index in [9.17, 15) is 28.2 Å². The van der Waals surface area contributed by atoms with Gasteiger partial charge in [-0.25, -0.2) is 9.97 Å². The fraction of sp³-hybridized carbons (Fsp3) is 0.458. The smallest absolute Gasteiger partial charge is 0.396 e. The summed E-state index contributed by atoms with van der Waals surface area (Å²) in [5.41, 5.74) is -1.01. The molecule has 7 nitrogen and oxygen atoms in total. The minimum Gasteiger partial charge on any atom is -0.396 e. The molecule has 1 amide bonds. The topological polar surface area (TPSA) is 111 Å². The Balaban J connectivity index is 1.66. The molecule has 0 bridgehead atoms. The van der Waals surface area contributed by atoms with Gasteiger partial charge in [-0.15, -0.1) is 0 Å². The van der Waals surface area contributed by atoms with Crippen molar-refractivity contribution >= 4 is 22.6 Å². The lowest BCUT2D eigenvalue weighted by molar-refractivity contribution is -0.141. The summed E-state index contributed by atoms with van der Waals surface area (Å²) >= 11 is 0. The second-order valence-electron chi connectivity index (χ2n) is 9.36. The van der Waals surface area contributed by atoms with Crippen LogP contribution in [0.1, 0.15) is 73.0 Å². The maximum Gasteiger partial charge on any atom is 0.433 e. The van der Waals surface area contributed by atoms with E-state index in [1.807, 2.05) is 0 Å². The monoisotopic (exact) mass is 476 g/mol. The van der Waals surface area contributed by atoms with Gasteiger partial charge in [-0.1, -0.05) is 6.07 Å². The number of pyridine rings is 1. The molecule has 10 heteroatoms. The van der Waals surface area contributed by atoms with Crippen LogP contribution in [0.15, 0.2) is 30.3 Å². The predicted molar refractivity (Wildman–Crippen MR) is 120 cm³/mol. The molecule has 1 aliphatic rings. The highest BCUT2D eigenvalue weighted by Gasteiger charge is 2.33. The molecule has 0 radical (unpaired) electrons. The lowest BCUT2D eigenvalue weighted by Crippen LogP contribution is -2.22. The molecule has 2 heterocycles. The van der Waals surface area contributed by atoms with Gasteiger partial charge >= 0.3 is 6.18 Å². The number of carbonyl (C=O) groups excluding carboxylic acids is 1. The van der Waals surface area contributed by atoms with Crippen LogP contribution in [0, 0.1) is 5.92 Å². The maximum atomic E-state index is 13.0. The van der Waals surface area contributed by atoms with Gasteiger partial charge in [0, 0.05) is 23.8 Å². The minimum atomic E-state index is -4.67. The molecule has 0 atom stereocenters. The van der Waals surface area contributed by atoms with Crippen LogP contribution < -0.4 is 5.32 Å². The van der Waals surface area contributed by atoms with E-state index in [0.29, 0.717) is 22.5 Å². The summed E-state index contributed by atoms with van der Waals surface area (Å²) in [4.78, 5) is 24.2. The zero-order chi connectivity index (χ0) is 24.7. The largest absolute Gasteiger partial charge is 0.433 e. The molecular formula is C24H27F3N4O3. The van der Waals surface area contributed by atoms with E-state index in [1.54, 1.807) is 26.0 Å². The predicted octanol–water partition coefficient (Wildman–Crippen LogP) is 4.72. The molecule has 0 saturated heterocycles. The molecule has 1 saturated carbocycles. The number of alkyl halides is 3.